The molecule has 6 heteroatoms. The summed E-state index contributed by atoms with van der Waals surface area (Å²) in [4.78, 5) is 4.23. The van der Waals surface area contributed by atoms with Crippen LogP contribution in [0.25, 0.3) is 0 Å². The van der Waals surface area contributed by atoms with E-state index in [1.165, 1.54) is 11.3 Å². The van der Waals surface area contributed by atoms with Gasteiger partial charge in [-0.05, 0) is 25.8 Å². The first-order chi connectivity index (χ1) is 9.02. The molecule has 2 rings (SSSR count). The lowest BCUT2D eigenvalue weighted by molar-refractivity contribution is -0.141. The van der Waals surface area contributed by atoms with Crippen LogP contribution in [0.2, 0.25) is 0 Å². The molecule has 0 amide bonds. The molecule has 1 aromatic heterocycles. The van der Waals surface area contributed by atoms with Crippen LogP contribution in [-0.2, 0) is 12.7 Å². The minimum absolute atomic E-state index is 0.242. The predicted molar refractivity (Wildman–Crippen MR) is 70.3 cm³/mol. The van der Waals surface area contributed by atoms with Crippen LogP contribution in [0.3, 0.4) is 0 Å². The summed E-state index contributed by atoms with van der Waals surface area (Å²) in [5.41, 5.74) is -0.678. The molecule has 0 atom stereocenters. The molecule has 1 saturated carbocycles. The van der Waals surface area contributed by atoms with Crippen molar-refractivity contribution in [3.8, 4) is 0 Å². The van der Waals surface area contributed by atoms with E-state index in [0.29, 0.717) is 9.88 Å². The van der Waals surface area contributed by atoms with E-state index >= 15 is 0 Å². The maximum Gasteiger partial charge on any atom is 0.434 e. The summed E-state index contributed by atoms with van der Waals surface area (Å²) in [7, 11) is 0. The molecule has 1 fully saturated rings. The van der Waals surface area contributed by atoms with Gasteiger partial charge >= 0.3 is 6.18 Å². The van der Waals surface area contributed by atoms with E-state index in [9.17, 15) is 13.2 Å². The normalized spacial score (nSPS) is 17.3. The summed E-state index contributed by atoms with van der Waals surface area (Å²) in [6.45, 7) is 3.00. The molecule has 1 heterocycles. The van der Waals surface area contributed by atoms with E-state index in [0.717, 1.165) is 38.6 Å². The van der Waals surface area contributed by atoms with Gasteiger partial charge in [0.05, 0.1) is 9.88 Å². The van der Waals surface area contributed by atoms with Gasteiger partial charge in [0.25, 0.3) is 0 Å². The van der Waals surface area contributed by atoms with Gasteiger partial charge < -0.3 is 5.32 Å². The predicted octanol–water partition coefficient (Wildman–Crippen LogP) is 4.32. The summed E-state index contributed by atoms with van der Waals surface area (Å²) < 4.78 is 38.9. The maximum absolute atomic E-state index is 13.0. The molecule has 0 aromatic carbocycles. The number of nitrogens with zero attached hydrogens (tertiary/aromatic N) is 1. The van der Waals surface area contributed by atoms with Crippen molar-refractivity contribution in [2.45, 2.75) is 57.7 Å². The van der Waals surface area contributed by atoms with Crippen molar-refractivity contribution in [1.82, 2.24) is 10.3 Å². The van der Waals surface area contributed by atoms with Crippen LogP contribution >= 0.6 is 11.3 Å². The van der Waals surface area contributed by atoms with E-state index in [-0.39, 0.29) is 12.5 Å². The zero-order valence-corrected chi connectivity index (χ0v) is 11.8. The molecular formula is C13H19F3N2S. The molecule has 108 valence electrons. The third-order valence-electron chi connectivity index (χ3n) is 3.40. The monoisotopic (exact) mass is 292 g/mol. The Morgan fingerprint density at radius 2 is 2.00 bits per heavy atom. The minimum Gasteiger partial charge on any atom is -0.312 e. The first-order valence-electron chi connectivity index (χ1n) is 6.80. The van der Waals surface area contributed by atoms with Gasteiger partial charge in [-0.2, -0.15) is 13.2 Å². The van der Waals surface area contributed by atoms with Crippen LogP contribution in [0.1, 0.15) is 60.5 Å². The molecule has 1 N–H and O–H groups in total. The lowest BCUT2D eigenvalue weighted by Crippen LogP contribution is -2.17. The molecule has 0 unspecified atom stereocenters. The van der Waals surface area contributed by atoms with E-state index in [1.54, 1.807) is 0 Å². The summed E-state index contributed by atoms with van der Waals surface area (Å²) >= 11 is 1.24. The average Bonchev–Trinajstić information content (AvgIpc) is 2.96. The zero-order chi connectivity index (χ0) is 13.9. The zero-order valence-electron chi connectivity index (χ0n) is 11.0. The van der Waals surface area contributed by atoms with Crippen LogP contribution in [0.15, 0.2) is 0 Å². The number of nitrogens with one attached hydrogen (secondary N) is 1. The Hall–Kier alpha value is -0.620. The Balaban J connectivity index is 2.18. The quantitative estimate of drug-likeness (QED) is 0.818. The van der Waals surface area contributed by atoms with Gasteiger partial charge in [0.1, 0.15) is 0 Å². The fraction of sp³-hybridized carbons (Fsp3) is 0.769. The Kier molecular flexibility index (Phi) is 4.84. The minimum atomic E-state index is -4.34. The van der Waals surface area contributed by atoms with Crippen LogP contribution in [0.4, 0.5) is 13.2 Å². The lowest BCUT2D eigenvalue weighted by atomic mass is 10.1. The van der Waals surface area contributed by atoms with Crippen LogP contribution < -0.4 is 5.32 Å². The van der Waals surface area contributed by atoms with E-state index in [2.05, 4.69) is 10.3 Å². The molecule has 1 aliphatic carbocycles. The molecule has 19 heavy (non-hydrogen) atoms. The highest BCUT2D eigenvalue weighted by molar-refractivity contribution is 7.11. The number of hydrogen-bond acceptors (Lipinski definition) is 3. The van der Waals surface area contributed by atoms with Crippen molar-refractivity contribution in [1.29, 1.82) is 0 Å². The number of aromatic nitrogens is 1. The fourth-order valence-corrected chi connectivity index (χ4v) is 3.66. The van der Waals surface area contributed by atoms with Crippen molar-refractivity contribution in [2.75, 3.05) is 6.54 Å². The van der Waals surface area contributed by atoms with Gasteiger partial charge in [-0.25, -0.2) is 4.98 Å². The largest absolute Gasteiger partial charge is 0.434 e. The average molecular weight is 292 g/mol. The molecule has 0 bridgehead atoms. The Labute approximate surface area is 115 Å². The van der Waals surface area contributed by atoms with E-state index < -0.39 is 11.9 Å². The fourth-order valence-electron chi connectivity index (χ4n) is 2.44. The second kappa shape index (κ2) is 6.22. The van der Waals surface area contributed by atoms with Gasteiger partial charge in [0.15, 0.2) is 5.69 Å². The number of thiazole rings is 1. The second-order valence-electron chi connectivity index (χ2n) is 4.98. The summed E-state index contributed by atoms with van der Waals surface area (Å²) in [5.74, 6) is 0.242. The van der Waals surface area contributed by atoms with Crippen LogP contribution in [0.5, 0.6) is 0 Å². The molecular weight excluding hydrogens is 273 g/mol. The van der Waals surface area contributed by atoms with Gasteiger partial charge in [0, 0.05) is 12.5 Å². The molecule has 1 aromatic rings. The number of alkyl halides is 3. The smallest absolute Gasteiger partial charge is 0.312 e. The summed E-state index contributed by atoms with van der Waals surface area (Å²) in [6.07, 6.45) is 0.746. The first kappa shape index (κ1) is 14.8. The molecule has 0 radical (unpaired) electrons. The maximum atomic E-state index is 13.0. The van der Waals surface area contributed by atoms with Crippen molar-refractivity contribution >= 4 is 11.3 Å². The first-order valence-corrected chi connectivity index (χ1v) is 7.61. The second-order valence-corrected chi connectivity index (χ2v) is 6.10. The van der Waals surface area contributed by atoms with Crippen LogP contribution in [0, 0.1) is 0 Å². The lowest BCUT2D eigenvalue weighted by Gasteiger charge is -2.06. The van der Waals surface area contributed by atoms with E-state index in [4.69, 9.17) is 0 Å². The third kappa shape index (κ3) is 3.69. The topological polar surface area (TPSA) is 24.9 Å². The van der Waals surface area contributed by atoms with Crippen molar-refractivity contribution in [3.05, 3.63) is 15.6 Å². The number of rotatable bonds is 5. The SMILES string of the molecule is CCCNCc1sc(C2CCCC2)nc1C(F)(F)F. The number of halogens is 3. The summed E-state index contributed by atoms with van der Waals surface area (Å²) in [6, 6.07) is 0. The highest BCUT2D eigenvalue weighted by Crippen LogP contribution is 2.41. The molecule has 1 aliphatic rings. The molecule has 0 spiro atoms. The number of hydrogen-bond donors (Lipinski definition) is 1. The van der Waals surface area contributed by atoms with Crippen LogP contribution in [-0.4, -0.2) is 11.5 Å². The Bertz CT molecular complexity index is 409. The standard InChI is InChI=1S/C13H19F3N2S/c1-2-7-17-8-10-11(13(14,15)16)18-12(19-10)9-5-3-4-6-9/h9,17H,2-8H2,1H3. The Morgan fingerprint density at radius 3 is 2.58 bits per heavy atom. The van der Waals surface area contributed by atoms with Crippen molar-refractivity contribution in [3.63, 3.8) is 0 Å². The Morgan fingerprint density at radius 1 is 1.32 bits per heavy atom. The van der Waals surface area contributed by atoms with Gasteiger partial charge in [0.2, 0.25) is 0 Å². The van der Waals surface area contributed by atoms with Gasteiger partial charge in [-0.15, -0.1) is 11.3 Å². The van der Waals surface area contributed by atoms with Gasteiger partial charge in [-0.1, -0.05) is 19.8 Å². The molecule has 0 aliphatic heterocycles. The van der Waals surface area contributed by atoms with Crippen molar-refractivity contribution in [2.24, 2.45) is 0 Å². The summed E-state index contributed by atoms with van der Waals surface area (Å²) in [5, 5.41) is 3.72. The van der Waals surface area contributed by atoms with Crippen molar-refractivity contribution < 1.29 is 13.2 Å². The van der Waals surface area contributed by atoms with Gasteiger partial charge in [-0.3, -0.25) is 0 Å². The highest BCUT2D eigenvalue weighted by atomic mass is 32.1. The third-order valence-corrected chi connectivity index (χ3v) is 4.62. The molecule has 0 saturated heterocycles. The van der Waals surface area contributed by atoms with E-state index in [1.807, 2.05) is 6.92 Å². The molecule has 2 nitrogen and oxygen atoms in total. The highest BCUT2D eigenvalue weighted by Gasteiger charge is 2.38.